The highest BCUT2D eigenvalue weighted by Gasteiger charge is 2.22. The lowest BCUT2D eigenvalue weighted by Crippen LogP contribution is -2.40. The normalized spacial score (nSPS) is 14.6. The number of nitrogens with one attached hydrogen (secondary N) is 1. The zero-order valence-corrected chi connectivity index (χ0v) is 21.5. The summed E-state index contributed by atoms with van der Waals surface area (Å²) in [7, 11) is 3.99. The summed E-state index contributed by atoms with van der Waals surface area (Å²) in [5, 5.41) is 3.58. The Labute approximate surface area is 212 Å². The molecular formula is C27H35N9. The predicted octanol–water partition coefficient (Wildman–Crippen LogP) is 4.07. The molecule has 1 aromatic carbocycles. The number of fused-ring (bicyclic) bond motifs is 1. The molecule has 0 bridgehead atoms. The third kappa shape index (κ3) is 4.83. The van der Waals surface area contributed by atoms with E-state index in [1.807, 2.05) is 37.6 Å². The first kappa shape index (κ1) is 24.0. The maximum atomic E-state index is 6.14. The number of anilines is 3. The van der Waals surface area contributed by atoms with Crippen LogP contribution in [0.15, 0.2) is 48.9 Å². The lowest BCUT2D eigenvalue weighted by molar-refractivity contribution is 0.495. The Bertz CT molecular complexity index is 1320. The molecule has 5 rings (SSSR count). The van der Waals surface area contributed by atoms with Crippen molar-refractivity contribution in [2.75, 3.05) is 42.3 Å². The van der Waals surface area contributed by atoms with Crippen LogP contribution in [0.25, 0.3) is 22.3 Å². The number of hydrogen-bond acceptors (Lipinski definition) is 8. The highest BCUT2D eigenvalue weighted by Crippen LogP contribution is 2.29. The minimum atomic E-state index is 0.249. The molecule has 0 saturated carbocycles. The van der Waals surface area contributed by atoms with Gasteiger partial charge in [-0.05, 0) is 49.9 Å². The Morgan fingerprint density at radius 1 is 1.06 bits per heavy atom. The van der Waals surface area contributed by atoms with Crippen molar-refractivity contribution >= 4 is 28.7 Å². The van der Waals surface area contributed by atoms with Crippen LogP contribution in [-0.2, 0) is 6.54 Å². The largest absolute Gasteiger partial charge is 0.364 e. The van der Waals surface area contributed by atoms with Crippen LogP contribution in [0.4, 0.5) is 17.6 Å². The van der Waals surface area contributed by atoms with Gasteiger partial charge in [0.25, 0.3) is 0 Å². The van der Waals surface area contributed by atoms with Crippen LogP contribution in [0.5, 0.6) is 0 Å². The number of rotatable bonds is 7. The number of aromatic nitrogens is 5. The second-order valence-electron chi connectivity index (χ2n) is 9.92. The predicted molar refractivity (Wildman–Crippen MR) is 146 cm³/mol. The summed E-state index contributed by atoms with van der Waals surface area (Å²) in [4.78, 5) is 23.4. The smallest absolute Gasteiger partial charge is 0.229 e. The van der Waals surface area contributed by atoms with Crippen molar-refractivity contribution in [3.63, 3.8) is 0 Å². The number of hydrogen-bond donors (Lipinski definition) is 2. The molecule has 188 valence electrons. The van der Waals surface area contributed by atoms with Crippen LogP contribution >= 0.6 is 0 Å². The van der Waals surface area contributed by atoms with E-state index in [1.165, 1.54) is 0 Å². The molecule has 9 nitrogen and oxygen atoms in total. The third-order valence-corrected chi connectivity index (χ3v) is 6.77. The summed E-state index contributed by atoms with van der Waals surface area (Å²) in [6.45, 7) is 6.61. The molecule has 0 atom stereocenters. The van der Waals surface area contributed by atoms with E-state index < -0.39 is 0 Å². The molecule has 0 aliphatic carbocycles. The maximum Gasteiger partial charge on any atom is 0.229 e. The van der Waals surface area contributed by atoms with Gasteiger partial charge in [0.2, 0.25) is 5.95 Å². The fourth-order valence-corrected chi connectivity index (χ4v) is 4.59. The molecule has 1 fully saturated rings. The molecule has 1 aliphatic rings. The topological polar surface area (TPSA) is 101 Å². The van der Waals surface area contributed by atoms with Crippen LogP contribution in [0, 0.1) is 0 Å². The highest BCUT2D eigenvalue weighted by atomic mass is 15.3. The van der Waals surface area contributed by atoms with Crippen LogP contribution in [0.3, 0.4) is 0 Å². The Balaban J connectivity index is 1.47. The van der Waals surface area contributed by atoms with E-state index in [4.69, 9.17) is 15.7 Å². The first-order chi connectivity index (χ1) is 17.4. The number of piperidine rings is 1. The quantitative estimate of drug-likeness (QED) is 0.404. The molecule has 36 heavy (non-hydrogen) atoms. The van der Waals surface area contributed by atoms with Gasteiger partial charge in [0.1, 0.15) is 5.82 Å². The van der Waals surface area contributed by atoms with E-state index in [1.54, 1.807) is 0 Å². The molecule has 0 unspecified atom stereocenters. The minimum absolute atomic E-state index is 0.249. The molecule has 0 amide bonds. The van der Waals surface area contributed by atoms with E-state index >= 15 is 0 Å². The van der Waals surface area contributed by atoms with Crippen molar-refractivity contribution < 1.29 is 0 Å². The molecule has 0 radical (unpaired) electrons. The van der Waals surface area contributed by atoms with Gasteiger partial charge >= 0.3 is 0 Å². The first-order valence-electron chi connectivity index (χ1n) is 12.6. The number of nitrogens with two attached hydrogens (primary N) is 1. The molecule has 0 spiro atoms. The van der Waals surface area contributed by atoms with Crippen molar-refractivity contribution in [3.8, 4) is 11.1 Å². The zero-order valence-electron chi connectivity index (χ0n) is 21.5. The molecule has 1 aliphatic heterocycles. The molecule has 4 aromatic rings. The average molecular weight is 486 g/mol. The van der Waals surface area contributed by atoms with Gasteiger partial charge in [0, 0.05) is 57.6 Å². The maximum absolute atomic E-state index is 6.14. The Morgan fingerprint density at radius 2 is 1.83 bits per heavy atom. The summed E-state index contributed by atoms with van der Waals surface area (Å²) in [5.74, 6) is 2.42. The molecule has 4 heterocycles. The summed E-state index contributed by atoms with van der Waals surface area (Å²) in [6.07, 6.45) is 5.68. The molecular weight excluding hydrogens is 450 g/mol. The summed E-state index contributed by atoms with van der Waals surface area (Å²) < 4.78 is 2.10. The molecule has 1 saturated heterocycles. The summed E-state index contributed by atoms with van der Waals surface area (Å²) in [6, 6.07) is 13.1. The van der Waals surface area contributed by atoms with Gasteiger partial charge in [-0.25, -0.2) is 9.97 Å². The van der Waals surface area contributed by atoms with E-state index in [9.17, 15) is 0 Å². The first-order valence-corrected chi connectivity index (χ1v) is 12.6. The van der Waals surface area contributed by atoms with Crippen LogP contribution in [0.1, 0.15) is 38.3 Å². The van der Waals surface area contributed by atoms with Gasteiger partial charge in [-0.15, -0.1) is 0 Å². The number of pyridine rings is 1. The van der Waals surface area contributed by atoms with E-state index in [2.05, 4.69) is 68.9 Å². The minimum Gasteiger partial charge on any atom is -0.364 e. The average Bonchev–Trinajstić information content (AvgIpc) is 3.32. The molecule has 3 N–H and O–H groups in total. The molecule has 3 aromatic heterocycles. The Hall–Kier alpha value is -3.72. The van der Waals surface area contributed by atoms with Gasteiger partial charge in [-0.3, -0.25) is 0 Å². The van der Waals surface area contributed by atoms with Gasteiger partial charge in [0.15, 0.2) is 17.0 Å². The van der Waals surface area contributed by atoms with E-state index in [0.29, 0.717) is 6.54 Å². The number of nitrogens with zero attached hydrogens (tertiary/aromatic N) is 7. The second-order valence-corrected chi connectivity index (χ2v) is 9.92. The SMILES string of the molecule is CC(C)n1cnc2c(NCc3ccccc3-c3ccc(N(C)C)nc3)nc(N3CCC(N)CC3)nc21. The van der Waals surface area contributed by atoms with Crippen molar-refractivity contribution in [1.82, 2.24) is 24.5 Å². The number of imidazole rings is 1. The van der Waals surface area contributed by atoms with Crippen molar-refractivity contribution in [3.05, 3.63) is 54.5 Å². The van der Waals surface area contributed by atoms with Gasteiger partial charge in [-0.1, -0.05) is 24.3 Å². The second kappa shape index (κ2) is 10.1. The third-order valence-electron chi connectivity index (χ3n) is 6.77. The van der Waals surface area contributed by atoms with Crippen LogP contribution in [-0.4, -0.2) is 57.7 Å². The zero-order chi connectivity index (χ0) is 25.2. The van der Waals surface area contributed by atoms with Crippen molar-refractivity contribution in [2.45, 2.75) is 45.3 Å². The van der Waals surface area contributed by atoms with Crippen molar-refractivity contribution in [2.24, 2.45) is 5.73 Å². The van der Waals surface area contributed by atoms with Crippen molar-refractivity contribution in [1.29, 1.82) is 0 Å². The van der Waals surface area contributed by atoms with Crippen LogP contribution < -0.4 is 20.9 Å². The standard InChI is InChI=1S/C27H35N9/c1-18(2)36-17-31-24-25(32-27(33-26(24)36)35-13-11-21(28)12-14-35)30-16-19-7-5-6-8-22(19)20-9-10-23(29-15-20)34(3)4/h5-10,15,17-18,21H,11-14,16,28H2,1-4H3,(H,30,32,33). The Morgan fingerprint density at radius 3 is 2.53 bits per heavy atom. The monoisotopic (exact) mass is 485 g/mol. The van der Waals surface area contributed by atoms with E-state index in [-0.39, 0.29) is 12.1 Å². The van der Waals surface area contributed by atoms with Crippen LogP contribution in [0.2, 0.25) is 0 Å². The van der Waals surface area contributed by atoms with Gasteiger partial charge < -0.3 is 25.4 Å². The fourth-order valence-electron chi connectivity index (χ4n) is 4.59. The highest BCUT2D eigenvalue weighted by molar-refractivity contribution is 5.84. The van der Waals surface area contributed by atoms with Gasteiger partial charge in [0.05, 0.1) is 6.33 Å². The van der Waals surface area contributed by atoms with Gasteiger partial charge in [-0.2, -0.15) is 9.97 Å². The lowest BCUT2D eigenvalue weighted by atomic mass is 10.0. The lowest BCUT2D eigenvalue weighted by Gasteiger charge is -2.30. The number of benzene rings is 1. The summed E-state index contributed by atoms with van der Waals surface area (Å²) >= 11 is 0. The summed E-state index contributed by atoms with van der Waals surface area (Å²) in [5.41, 5.74) is 11.2. The molecule has 9 heteroatoms. The Kier molecular flexibility index (Phi) is 6.73. The van der Waals surface area contributed by atoms with E-state index in [0.717, 1.165) is 71.4 Å². The fraction of sp³-hybridized carbons (Fsp3) is 0.407.